The average Bonchev–Trinajstić information content (AvgIpc) is 2.62. The number of fused-ring (bicyclic) bond motifs is 1. The zero-order valence-corrected chi connectivity index (χ0v) is 7.24. The van der Waals surface area contributed by atoms with Crippen LogP contribution in [0.15, 0.2) is 30.3 Å². The molecule has 2 bridgehead atoms. The Hall–Kier alpha value is -0.780. The predicted octanol–water partition coefficient (Wildman–Crippen LogP) is 3.20. The molecule has 0 heterocycles. The fraction of sp³-hybridized carbons (Fsp3) is 0.500. The molecule has 3 fully saturated rings. The first-order chi connectivity index (χ1) is 5.93. The highest BCUT2D eigenvalue weighted by atomic mass is 14.5. The normalized spacial score (nSPS) is 37.8. The van der Waals surface area contributed by atoms with E-state index in [1.54, 1.807) is 5.56 Å². The molecule has 0 radical (unpaired) electrons. The van der Waals surface area contributed by atoms with Crippen LogP contribution < -0.4 is 0 Å². The summed E-state index contributed by atoms with van der Waals surface area (Å²) in [5.41, 5.74) is 1.59. The summed E-state index contributed by atoms with van der Waals surface area (Å²) in [7, 11) is 0. The van der Waals surface area contributed by atoms with Gasteiger partial charge < -0.3 is 0 Å². The highest BCUT2D eigenvalue weighted by Gasteiger charge is 2.44. The van der Waals surface area contributed by atoms with E-state index in [4.69, 9.17) is 0 Å². The van der Waals surface area contributed by atoms with Crippen molar-refractivity contribution < 1.29 is 0 Å². The van der Waals surface area contributed by atoms with Gasteiger partial charge in [-0.3, -0.25) is 0 Å². The second kappa shape index (κ2) is 2.35. The molecule has 0 heteroatoms. The lowest BCUT2D eigenvalue weighted by Crippen LogP contribution is -2.13. The minimum Gasteiger partial charge on any atom is -0.0622 e. The summed E-state index contributed by atoms with van der Waals surface area (Å²) >= 11 is 0. The Labute approximate surface area is 73.6 Å². The third-order valence-corrected chi connectivity index (χ3v) is 3.66. The van der Waals surface area contributed by atoms with Gasteiger partial charge in [0, 0.05) is 0 Å². The molecule has 3 saturated carbocycles. The summed E-state index contributed by atoms with van der Waals surface area (Å²) in [6.07, 6.45) is 4.49. The summed E-state index contributed by atoms with van der Waals surface area (Å²) in [5, 5.41) is 0. The van der Waals surface area contributed by atoms with Crippen molar-refractivity contribution in [3.8, 4) is 0 Å². The van der Waals surface area contributed by atoms with Gasteiger partial charge in [-0.1, -0.05) is 30.3 Å². The zero-order valence-electron chi connectivity index (χ0n) is 7.24. The SMILES string of the molecule is c1ccc(C2CC3CC2C3)cc1. The number of rotatable bonds is 1. The zero-order chi connectivity index (χ0) is 7.97. The minimum atomic E-state index is 0.913. The Bertz CT molecular complexity index is 269. The van der Waals surface area contributed by atoms with Gasteiger partial charge in [-0.25, -0.2) is 0 Å². The summed E-state index contributed by atoms with van der Waals surface area (Å²) in [6, 6.07) is 11.1. The molecule has 12 heavy (non-hydrogen) atoms. The smallest absolute Gasteiger partial charge is 0.0131 e. The maximum atomic E-state index is 2.30. The summed E-state index contributed by atoms with van der Waals surface area (Å²) in [4.78, 5) is 0. The van der Waals surface area contributed by atoms with Crippen LogP contribution in [0.2, 0.25) is 0 Å². The molecule has 3 aliphatic rings. The van der Waals surface area contributed by atoms with Gasteiger partial charge >= 0.3 is 0 Å². The largest absolute Gasteiger partial charge is 0.0622 e. The van der Waals surface area contributed by atoms with E-state index in [2.05, 4.69) is 30.3 Å². The highest BCUT2D eigenvalue weighted by molar-refractivity contribution is 5.24. The van der Waals surface area contributed by atoms with Crippen molar-refractivity contribution in [2.75, 3.05) is 0 Å². The molecule has 4 rings (SSSR count). The van der Waals surface area contributed by atoms with Gasteiger partial charge in [-0.05, 0) is 42.6 Å². The molecular weight excluding hydrogens is 144 g/mol. The molecule has 0 aromatic heterocycles. The topological polar surface area (TPSA) is 0 Å². The third-order valence-electron chi connectivity index (χ3n) is 3.66. The summed E-state index contributed by atoms with van der Waals surface area (Å²) in [6.45, 7) is 0. The lowest BCUT2D eigenvalue weighted by molar-refractivity contribution is 0.294. The molecule has 0 aliphatic heterocycles. The Morgan fingerprint density at radius 3 is 2.25 bits per heavy atom. The van der Waals surface area contributed by atoms with Crippen molar-refractivity contribution in [1.82, 2.24) is 0 Å². The molecule has 62 valence electrons. The van der Waals surface area contributed by atoms with Gasteiger partial charge in [0.25, 0.3) is 0 Å². The molecule has 0 amide bonds. The van der Waals surface area contributed by atoms with Crippen molar-refractivity contribution >= 4 is 0 Å². The maximum Gasteiger partial charge on any atom is -0.0131 e. The predicted molar refractivity (Wildman–Crippen MR) is 50.0 cm³/mol. The summed E-state index contributed by atoms with van der Waals surface area (Å²) < 4.78 is 0. The lowest BCUT2D eigenvalue weighted by atomic mass is 9.81. The molecule has 1 aromatic rings. The quantitative estimate of drug-likeness (QED) is 0.588. The van der Waals surface area contributed by atoms with E-state index >= 15 is 0 Å². The van der Waals surface area contributed by atoms with Crippen LogP contribution in [0.3, 0.4) is 0 Å². The number of hydrogen-bond donors (Lipinski definition) is 0. The first-order valence-corrected chi connectivity index (χ1v) is 4.98. The van der Waals surface area contributed by atoms with Crippen LogP contribution in [0, 0.1) is 11.8 Å². The van der Waals surface area contributed by atoms with Gasteiger partial charge in [0.2, 0.25) is 0 Å². The van der Waals surface area contributed by atoms with Crippen LogP contribution in [0.4, 0.5) is 0 Å². The fourth-order valence-electron chi connectivity index (χ4n) is 2.97. The second-order valence-corrected chi connectivity index (χ2v) is 4.35. The molecule has 1 atom stereocenters. The number of benzene rings is 1. The third kappa shape index (κ3) is 0.841. The first-order valence-electron chi connectivity index (χ1n) is 4.98. The van der Waals surface area contributed by atoms with Crippen LogP contribution in [-0.4, -0.2) is 0 Å². The lowest BCUT2D eigenvalue weighted by Gasteiger charge is -2.24. The Kier molecular flexibility index (Phi) is 1.31. The molecule has 1 unspecified atom stereocenters. The Balaban J connectivity index is 1.90. The van der Waals surface area contributed by atoms with Crippen LogP contribution in [0.1, 0.15) is 30.7 Å². The van der Waals surface area contributed by atoms with Crippen LogP contribution in [-0.2, 0) is 0 Å². The van der Waals surface area contributed by atoms with Gasteiger partial charge in [-0.15, -0.1) is 0 Å². The van der Waals surface area contributed by atoms with E-state index in [1.165, 1.54) is 19.3 Å². The van der Waals surface area contributed by atoms with E-state index in [1.807, 2.05) is 0 Å². The molecule has 0 saturated heterocycles. The van der Waals surface area contributed by atoms with Gasteiger partial charge in [0.1, 0.15) is 0 Å². The first kappa shape index (κ1) is 6.71. The van der Waals surface area contributed by atoms with Gasteiger partial charge in [0.15, 0.2) is 0 Å². The Morgan fingerprint density at radius 1 is 0.917 bits per heavy atom. The molecule has 3 aliphatic carbocycles. The molecule has 0 spiro atoms. The van der Waals surface area contributed by atoms with Gasteiger partial charge in [-0.2, -0.15) is 0 Å². The van der Waals surface area contributed by atoms with E-state index in [0.717, 1.165) is 17.8 Å². The molecule has 0 N–H and O–H groups in total. The van der Waals surface area contributed by atoms with Crippen molar-refractivity contribution in [1.29, 1.82) is 0 Å². The molecule has 1 aromatic carbocycles. The van der Waals surface area contributed by atoms with Crippen LogP contribution in [0.25, 0.3) is 0 Å². The fourth-order valence-corrected chi connectivity index (χ4v) is 2.97. The van der Waals surface area contributed by atoms with E-state index < -0.39 is 0 Å². The maximum absolute atomic E-state index is 2.30. The average molecular weight is 158 g/mol. The highest BCUT2D eigenvalue weighted by Crippen LogP contribution is 2.56. The second-order valence-electron chi connectivity index (χ2n) is 4.35. The van der Waals surface area contributed by atoms with E-state index in [0.29, 0.717) is 0 Å². The summed E-state index contributed by atoms with van der Waals surface area (Å²) in [5.74, 6) is 3.04. The van der Waals surface area contributed by atoms with E-state index in [-0.39, 0.29) is 0 Å². The Morgan fingerprint density at radius 2 is 1.67 bits per heavy atom. The molecule has 0 nitrogen and oxygen atoms in total. The molecular formula is C12H14. The van der Waals surface area contributed by atoms with Crippen LogP contribution in [0.5, 0.6) is 0 Å². The van der Waals surface area contributed by atoms with Gasteiger partial charge in [0.05, 0.1) is 0 Å². The van der Waals surface area contributed by atoms with Crippen molar-refractivity contribution in [3.63, 3.8) is 0 Å². The van der Waals surface area contributed by atoms with Crippen molar-refractivity contribution in [3.05, 3.63) is 35.9 Å². The van der Waals surface area contributed by atoms with Crippen LogP contribution >= 0.6 is 0 Å². The monoisotopic (exact) mass is 158 g/mol. The minimum absolute atomic E-state index is 0.913. The standard InChI is InChI=1S/C12H14/c1-2-4-10(5-3-1)12-8-9-6-11(12)7-9/h1-5,9,11-12H,6-8H2. The van der Waals surface area contributed by atoms with E-state index in [9.17, 15) is 0 Å². The number of hydrogen-bond acceptors (Lipinski definition) is 0. The van der Waals surface area contributed by atoms with Crippen molar-refractivity contribution in [2.24, 2.45) is 11.8 Å². The van der Waals surface area contributed by atoms with Crippen molar-refractivity contribution in [2.45, 2.75) is 25.2 Å².